The summed E-state index contributed by atoms with van der Waals surface area (Å²) >= 11 is 0. The van der Waals surface area contributed by atoms with E-state index in [9.17, 15) is 0 Å². The molecule has 2 unspecified atom stereocenters. The molecule has 2 atom stereocenters. The Morgan fingerprint density at radius 3 is 2.95 bits per heavy atom. The van der Waals surface area contributed by atoms with Crippen LogP contribution in [0.1, 0.15) is 44.6 Å². The highest BCUT2D eigenvalue weighted by Gasteiger charge is 2.23. The highest BCUT2D eigenvalue weighted by Crippen LogP contribution is 2.29. The lowest BCUT2D eigenvalue weighted by Gasteiger charge is -2.32. The lowest BCUT2D eigenvalue weighted by Crippen LogP contribution is -2.31. The van der Waals surface area contributed by atoms with E-state index in [0.717, 1.165) is 12.5 Å². The lowest BCUT2D eigenvalue weighted by molar-refractivity contribution is 0.317. The maximum absolute atomic E-state index is 4.28. The van der Waals surface area contributed by atoms with Crippen LogP contribution in [-0.4, -0.2) is 15.8 Å². The molecule has 1 saturated carbocycles. The van der Waals surface area contributed by atoms with Gasteiger partial charge in [-0.15, -0.1) is 0 Å². The average Bonchev–Trinajstić information content (AvgIpc) is 3.01. The van der Waals surface area contributed by atoms with Crippen LogP contribution in [0, 0.1) is 5.92 Å². The summed E-state index contributed by atoms with van der Waals surface area (Å²) in [7, 11) is 0. The first-order valence-electron chi connectivity index (χ1n) is 8.18. The molecular weight excluding hydrogens is 258 g/mol. The quantitative estimate of drug-likeness (QED) is 0.886. The summed E-state index contributed by atoms with van der Waals surface area (Å²) in [6.07, 6.45) is 10.6. The van der Waals surface area contributed by atoms with Gasteiger partial charge in [0.1, 0.15) is 0 Å². The Morgan fingerprint density at radius 2 is 2.14 bits per heavy atom. The van der Waals surface area contributed by atoms with Gasteiger partial charge in [-0.05, 0) is 42.5 Å². The zero-order chi connectivity index (χ0) is 14.5. The summed E-state index contributed by atoms with van der Waals surface area (Å²) in [5.41, 5.74) is 2.55. The molecule has 21 heavy (non-hydrogen) atoms. The van der Waals surface area contributed by atoms with E-state index in [1.807, 2.05) is 23.1 Å². The second-order valence-corrected chi connectivity index (χ2v) is 6.11. The van der Waals surface area contributed by atoms with Crippen molar-refractivity contribution in [3.05, 3.63) is 48.3 Å². The van der Waals surface area contributed by atoms with Gasteiger partial charge in [-0.3, -0.25) is 4.68 Å². The molecule has 112 valence electrons. The van der Waals surface area contributed by atoms with Gasteiger partial charge in [0.25, 0.3) is 0 Å². The Labute approximate surface area is 127 Å². The van der Waals surface area contributed by atoms with E-state index in [1.165, 1.54) is 43.4 Å². The molecule has 0 aliphatic heterocycles. The fourth-order valence-electron chi connectivity index (χ4n) is 3.44. The molecule has 1 fully saturated rings. The predicted molar refractivity (Wildman–Crippen MR) is 87.4 cm³/mol. The summed E-state index contributed by atoms with van der Waals surface area (Å²) in [4.78, 5) is 0. The Balaban J connectivity index is 1.67. The van der Waals surface area contributed by atoms with Gasteiger partial charge in [-0.2, -0.15) is 5.10 Å². The number of anilines is 1. The van der Waals surface area contributed by atoms with E-state index in [1.54, 1.807) is 0 Å². The van der Waals surface area contributed by atoms with Crippen molar-refractivity contribution in [2.24, 2.45) is 5.92 Å². The Bertz CT molecular complexity index is 547. The maximum Gasteiger partial charge on any atom is 0.0660 e. The first-order chi connectivity index (χ1) is 10.3. The van der Waals surface area contributed by atoms with E-state index in [-0.39, 0.29) is 0 Å². The monoisotopic (exact) mass is 283 g/mol. The lowest BCUT2D eigenvalue weighted by atomic mass is 9.83. The van der Waals surface area contributed by atoms with Crippen molar-refractivity contribution in [1.29, 1.82) is 0 Å². The first kappa shape index (κ1) is 14.2. The molecule has 3 rings (SSSR count). The van der Waals surface area contributed by atoms with Crippen molar-refractivity contribution in [3.63, 3.8) is 0 Å². The topological polar surface area (TPSA) is 29.9 Å². The molecule has 0 spiro atoms. The molecule has 1 aromatic heterocycles. The van der Waals surface area contributed by atoms with Crippen molar-refractivity contribution in [2.75, 3.05) is 5.32 Å². The van der Waals surface area contributed by atoms with Gasteiger partial charge < -0.3 is 5.32 Å². The van der Waals surface area contributed by atoms with E-state index >= 15 is 0 Å². The molecule has 1 N–H and O–H groups in total. The molecular formula is C18H25N3. The van der Waals surface area contributed by atoms with Crippen LogP contribution in [0.25, 0.3) is 0 Å². The van der Waals surface area contributed by atoms with Crippen LogP contribution in [0.3, 0.4) is 0 Å². The maximum atomic E-state index is 4.28. The molecule has 0 bridgehead atoms. The minimum Gasteiger partial charge on any atom is -0.382 e. The molecule has 1 heterocycles. The van der Waals surface area contributed by atoms with Gasteiger partial charge >= 0.3 is 0 Å². The van der Waals surface area contributed by atoms with Crippen molar-refractivity contribution in [1.82, 2.24) is 9.78 Å². The SMILES string of the molecule is CCC1CCCCC1Nc1cccc(Cn2cccn2)c1. The molecule has 0 saturated heterocycles. The molecule has 3 heteroatoms. The molecule has 0 radical (unpaired) electrons. The van der Waals surface area contributed by atoms with Gasteiger partial charge in [0.2, 0.25) is 0 Å². The second kappa shape index (κ2) is 6.79. The standard InChI is InChI=1S/C18H25N3/c1-2-16-8-3-4-10-18(16)20-17-9-5-7-15(13-17)14-21-12-6-11-19-21/h5-7,9,11-13,16,18,20H,2-4,8,10,14H2,1H3. The average molecular weight is 283 g/mol. The highest BCUT2D eigenvalue weighted by atomic mass is 15.3. The molecule has 1 aromatic carbocycles. The number of aromatic nitrogens is 2. The third kappa shape index (κ3) is 3.66. The van der Waals surface area contributed by atoms with Gasteiger partial charge in [0.15, 0.2) is 0 Å². The second-order valence-electron chi connectivity index (χ2n) is 6.11. The van der Waals surface area contributed by atoms with Crippen LogP contribution in [-0.2, 0) is 6.54 Å². The van der Waals surface area contributed by atoms with E-state index in [2.05, 4.69) is 41.6 Å². The molecule has 0 amide bonds. The smallest absolute Gasteiger partial charge is 0.0660 e. The fraction of sp³-hybridized carbons (Fsp3) is 0.500. The van der Waals surface area contributed by atoms with Crippen LogP contribution >= 0.6 is 0 Å². The van der Waals surface area contributed by atoms with E-state index < -0.39 is 0 Å². The van der Waals surface area contributed by atoms with Crippen molar-refractivity contribution < 1.29 is 0 Å². The number of nitrogens with one attached hydrogen (secondary N) is 1. The number of hydrogen-bond acceptors (Lipinski definition) is 2. The molecule has 1 aliphatic carbocycles. The summed E-state index contributed by atoms with van der Waals surface area (Å²) in [5.74, 6) is 0.827. The van der Waals surface area contributed by atoms with Crippen LogP contribution < -0.4 is 5.32 Å². The van der Waals surface area contributed by atoms with Gasteiger partial charge in [0, 0.05) is 24.1 Å². The van der Waals surface area contributed by atoms with Gasteiger partial charge in [0.05, 0.1) is 6.54 Å². The third-order valence-corrected chi connectivity index (χ3v) is 4.62. The summed E-state index contributed by atoms with van der Waals surface area (Å²) in [5, 5.41) is 8.05. The number of nitrogens with zero attached hydrogens (tertiary/aromatic N) is 2. The highest BCUT2D eigenvalue weighted by molar-refractivity contribution is 5.46. The van der Waals surface area contributed by atoms with Crippen LogP contribution in [0.15, 0.2) is 42.7 Å². The van der Waals surface area contributed by atoms with Crippen LogP contribution in [0.4, 0.5) is 5.69 Å². The van der Waals surface area contributed by atoms with Gasteiger partial charge in [-0.1, -0.05) is 38.3 Å². The van der Waals surface area contributed by atoms with E-state index in [4.69, 9.17) is 0 Å². The molecule has 2 aromatic rings. The van der Waals surface area contributed by atoms with Crippen molar-refractivity contribution >= 4 is 5.69 Å². The minimum absolute atomic E-state index is 0.642. The Kier molecular flexibility index (Phi) is 4.59. The normalized spacial score (nSPS) is 22.1. The third-order valence-electron chi connectivity index (χ3n) is 4.62. The fourth-order valence-corrected chi connectivity index (χ4v) is 3.44. The summed E-state index contributed by atoms with van der Waals surface area (Å²) in [6, 6.07) is 11.4. The molecule has 3 nitrogen and oxygen atoms in total. The number of benzene rings is 1. The minimum atomic E-state index is 0.642. The number of rotatable bonds is 5. The van der Waals surface area contributed by atoms with Crippen LogP contribution in [0.5, 0.6) is 0 Å². The summed E-state index contributed by atoms with van der Waals surface area (Å²) < 4.78 is 1.97. The summed E-state index contributed by atoms with van der Waals surface area (Å²) in [6.45, 7) is 3.16. The number of hydrogen-bond donors (Lipinski definition) is 1. The predicted octanol–water partition coefficient (Wildman–Crippen LogP) is 4.31. The molecule has 1 aliphatic rings. The zero-order valence-corrected chi connectivity index (χ0v) is 12.8. The first-order valence-corrected chi connectivity index (χ1v) is 8.18. The van der Waals surface area contributed by atoms with Crippen molar-refractivity contribution in [2.45, 2.75) is 51.6 Å². The zero-order valence-electron chi connectivity index (χ0n) is 12.8. The Morgan fingerprint density at radius 1 is 1.24 bits per heavy atom. The van der Waals surface area contributed by atoms with E-state index in [0.29, 0.717) is 6.04 Å². The van der Waals surface area contributed by atoms with Crippen LogP contribution in [0.2, 0.25) is 0 Å². The van der Waals surface area contributed by atoms with Crippen molar-refractivity contribution in [3.8, 4) is 0 Å². The largest absolute Gasteiger partial charge is 0.382 e. The van der Waals surface area contributed by atoms with Gasteiger partial charge in [-0.25, -0.2) is 0 Å². The Hall–Kier alpha value is -1.77.